The molecule has 0 unspecified atom stereocenters. The lowest BCUT2D eigenvalue weighted by Gasteiger charge is -2.31. The van der Waals surface area contributed by atoms with Crippen LogP contribution in [0.5, 0.6) is 0 Å². The van der Waals surface area contributed by atoms with Crippen molar-refractivity contribution in [2.24, 2.45) is 0 Å². The molecule has 1 aliphatic rings. The normalized spacial score (nSPS) is 15.9. The van der Waals surface area contributed by atoms with Crippen molar-refractivity contribution in [1.82, 2.24) is 10.2 Å². The van der Waals surface area contributed by atoms with Gasteiger partial charge in [0, 0.05) is 24.7 Å². The second-order valence-corrected chi connectivity index (χ2v) is 5.51. The summed E-state index contributed by atoms with van der Waals surface area (Å²) in [6.07, 6.45) is -3.64. The third kappa shape index (κ3) is 4.62. The number of likely N-dealkylation sites (tertiary alicyclic amines) is 1. The lowest BCUT2D eigenvalue weighted by molar-refractivity contribution is -0.137. The molecule has 5 nitrogen and oxygen atoms in total. The number of amides is 2. The topological polar surface area (TPSA) is 58.6 Å². The highest BCUT2D eigenvalue weighted by Gasteiger charge is 2.30. The number of hydrogen-bond donors (Lipinski definition) is 1. The fourth-order valence-electron chi connectivity index (χ4n) is 2.50. The van der Waals surface area contributed by atoms with Crippen LogP contribution in [0.25, 0.3) is 0 Å². The average molecular weight is 344 g/mol. The lowest BCUT2D eigenvalue weighted by atomic mass is 10.0. The maximum Gasteiger partial charge on any atom is 0.416 e. The molecule has 0 bridgehead atoms. The van der Waals surface area contributed by atoms with E-state index in [1.54, 1.807) is 11.8 Å². The van der Waals surface area contributed by atoms with Gasteiger partial charge in [-0.15, -0.1) is 0 Å². The Morgan fingerprint density at radius 3 is 2.29 bits per heavy atom. The molecule has 8 heteroatoms. The van der Waals surface area contributed by atoms with Gasteiger partial charge in [-0.25, -0.2) is 4.79 Å². The van der Waals surface area contributed by atoms with E-state index in [1.807, 2.05) is 0 Å². The first-order chi connectivity index (χ1) is 11.3. The standard InChI is InChI=1S/C16H19F3N2O3/c1-2-24-15(23)21-9-7-13(8-10-21)20-14(22)11-3-5-12(6-4-11)16(17,18)19/h3-6,13H,2,7-10H2,1H3,(H,20,22). The van der Waals surface area contributed by atoms with Crippen LogP contribution in [0.15, 0.2) is 24.3 Å². The first-order valence-electron chi connectivity index (χ1n) is 7.71. The summed E-state index contributed by atoms with van der Waals surface area (Å²) in [4.78, 5) is 25.3. The fourth-order valence-corrected chi connectivity index (χ4v) is 2.50. The van der Waals surface area contributed by atoms with Crippen LogP contribution >= 0.6 is 0 Å². The minimum atomic E-state index is -4.42. The van der Waals surface area contributed by atoms with E-state index in [4.69, 9.17) is 4.74 Å². The van der Waals surface area contributed by atoms with E-state index < -0.39 is 17.6 Å². The Bertz CT molecular complexity index is 579. The van der Waals surface area contributed by atoms with Gasteiger partial charge < -0.3 is 15.0 Å². The number of ether oxygens (including phenoxy) is 1. The largest absolute Gasteiger partial charge is 0.450 e. The number of nitrogens with zero attached hydrogens (tertiary/aromatic N) is 1. The fraction of sp³-hybridized carbons (Fsp3) is 0.500. The second kappa shape index (κ2) is 7.55. The highest BCUT2D eigenvalue weighted by Crippen LogP contribution is 2.29. The van der Waals surface area contributed by atoms with Crippen molar-refractivity contribution >= 4 is 12.0 Å². The molecule has 24 heavy (non-hydrogen) atoms. The Hall–Kier alpha value is -2.25. The SMILES string of the molecule is CCOC(=O)N1CCC(NC(=O)c2ccc(C(F)(F)F)cc2)CC1. The van der Waals surface area contributed by atoms with Gasteiger partial charge in [-0.05, 0) is 44.0 Å². The van der Waals surface area contributed by atoms with Crippen molar-refractivity contribution in [2.75, 3.05) is 19.7 Å². The zero-order chi connectivity index (χ0) is 17.7. The molecule has 1 N–H and O–H groups in total. The molecule has 1 heterocycles. The molecule has 2 rings (SSSR count). The zero-order valence-electron chi connectivity index (χ0n) is 13.2. The van der Waals surface area contributed by atoms with Crippen LogP contribution in [0.1, 0.15) is 35.7 Å². The minimum Gasteiger partial charge on any atom is -0.450 e. The number of hydrogen-bond acceptors (Lipinski definition) is 3. The van der Waals surface area contributed by atoms with Gasteiger partial charge in [-0.1, -0.05) is 0 Å². The van der Waals surface area contributed by atoms with Gasteiger partial charge in [0.05, 0.1) is 12.2 Å². The molecule has 0 saturated carbocycles. The zero-order valence-corrected chi connectivity index (χ0v) is 13.2. The first-order valence-corrected chi connectivity index (χ1v) is 7.71. The molecule has 0 atom stereocenters. The number of carbonyl (C=O) groups excluding carboxylic acids is 2. The van der Waals surface area contributed by atoms with Crippen LogP contribution in [0.3, 0.4) is 0 Å². The summed E-state index contributed by atoms with van der Waals surface area (Å²) in [6, 6.07) is 3.97. The van der Waals surface area contributed by atoms with E-state index in [-0.39, 0.29) is 17.7 Å². The van der Waals surface area contributed by atoms with Crippen molar-refractivity contribution < 1.29 is 27.5 Å². The molecule has 0 radical (unpaired) electrons. The predicted octanol–water partition coefficient (Wildman–Crippen LogP) is 3.06. The predicted molar refractivity (Wildman–Crippen MR) is 80.5 cm³/mol. The molecule has 132 valence electrons. The molecule has 0 aromatic heterocycles. The summed E-state index contributed by atoms with van der Waals surface area (Å²) >= 11 is 0. The summed E-state index contributed by atoms with van der Waals surface area (Å²) in [5.74, 6) is -0.418. The Labute approximate surface area is 137 Å². The van der Waals surface area contributed by atoms with Crippen molar-refractivity contribution in [3.05, 3.63) is 35.4 Å². The Kier molecular flexibility index (Phi) is 5.69. The third-order valence-electron chi connectivity index (χ3n) is 3.83. The molecular weight excluding hydrogens is 325 g/mol. The van der Waals surface area contributed by atoms with Crippen LogP contribution in [-0.2, 0) is 10.9 Å². The molecule has 1 aliphatic heterocycles. The molecule has 1 aromatic rings. The summed E-state index contributed by atoms with van der Waals surface area (Å²) in [6.45, 7) is 2.98. The molecular formula is C16H19F3N2O3. The van der Waals surface area contributed by atoms with Gasteiger partial charge in [-0.2, -0.15) is 13.2 Å². The van der Waals surface area contributed by atoms with E-state index in [0.717, 1.165) is 24.3 Å². The minimum absolute atomic E-state index is 0.120. The van der Waals surface area contributed by atoms with Crippen LogP contribution in [0.4, 0.5) is 18.0 Å². The number of rotatable bonds is 3. The van der Waals surface area contributed by atoms with Gasteiger partial charge >= 0.3 is 12.3 Å². The van der Waals surface area contributed by atoms with Crippen molar-refractivity contribution in [2.45, 2.75) is 32.0 Å². The number of nitrogens with one attached hydrogen (secondary N) is 1. The third-order valence-corrected chi connectivity index (χ3v) is 3.83. The van der Waals surface area contributed by atoms with E-state index in [0.29, 0.717) is 32.5 Å². The van der Waals surface area contributed by atoms with Crippen molar-refractivity contribution in [3.63, 3.8) is 0 Å². The Balaban J connectivity index is 1.86. The van der Waals surface area contributed by atoms with Crippen molar-refractivity contribution in [3.8, 4) is 0 Å². The molecule has 1 saturated heterocycles. The summed E-state index contributed by atoms with van der Waals surface area (Å²) in [5, 5.41) is 2.79. The smallest absolute Gasteiger partial charge is 0.416 e. The Morgan fingerprint density at radius 2 is 1.79 bits per heavy atom. The molecule has 0 aliphatic carbocycles. The maximum atomic E-state index is 12.5. The van der Waals surface area contributed by atoms with Crippen LogP contribution in [0, 0.1) is 0 Å². The van der Waals surface area contributed by atoms with E-state index in [9.17, 15) is 22.8 Å². The van der Waals surface area contributed by atoms with Crippen LogP contribution in [0.2, 0.25) is 0 Å². The molecule has 2 amide bonds. The summed E-state index contributed by atoms with van der Waals surface area (Å²) in [7, 11) is 0. The highest BCUT2D eigenvalue weighted by atomic mass is 19.4. The summed E-state index contributed by atoms with van der Waals surface area (Å²) < 4.78 is 42.4. The average Bonchev–Trinajstić information content (AvgIpc) is 2.55. The number of benzene rings is 1. The van der Waals surface area contributed by atoms with Gasteiger partial charge in [0.25, 0.3) is 5.91 Å². The van der Waals surface area contributed by atoms with E-state index >= 15 is 0 Å². The second-order valence-electron chi connectivity index (χ2n) is 5.51. The van der Waals surface area contributed by atoms with Gasteiger partial charge in [0.2, 0.25) is 0 Å². The molecule has 1 fully saturated rings. The number of carbonyl (C=O) groups is 2. The Morgan fingerprint density at radius 1 is 1.21 bits per heavy atom. The van der Waals surface area contributed by atoms with Gasteiger partial charge in [-0.3, -0.25) is 4.79 Å². The first kappa shape index (κ1) is 18.1. The number of alkyl halides is 3. The van der Waals surface area contributed by atoms with E-state index in [1.165, 1.54) is 0 Å². The highest BCUT2D eigenvalue weighted by molar-refractivity contribution is 5.94. The summed E-state index contributed by atoms with van der Waals surface area (Å²) in [5.41, 5.74) is -0.613. The monoisotopic (exact) mass is 344 g/mol. The van der Waals surface area contributed by atoms with Gasteiger partial charge in [0.15, 0.2) is 0 Å². The number of halogens is 3. The number of piperidine rings is 1. The van der Waals surface area contributed by atoms with Crippen LogP contribution < -0.4 is 5.32 Å². The lowest BCUT2D eigenvalue weighted by Crippen LogP contribution is -2.46. The quantitative estimate of drug-likeness (QED) is 0.917. The molecule has 1 aromatic carbocycles. The van der Waals surface area contributed by atoms with E-state index in [2.05, 4.69) is 5.32 Å². The maximum absolute atomic E-state index is 12.5. The van der Waals surface area contributed by atoms with Crippen molar-refractivity contribution in [1.29, 1.82) is 0 Å². The van der Waals surface area contributed by atoms with Crippen LogP contribution in [-0.4, -0.2) is 42.6 Å². The van der Waals surface area contributed by atoms with Gasteiger partial charge in [0.1, 0.15) is 0 Å². The molecule has 0 spiro atoms.